The maximum Gasteiger partial charge on any atom is 0.326 e. The number of hydrogen-bond donors (Lipinski definition) is 1. The van der Waals surface area contributed by atoms with Crippen LogP contribution in [0.4, 0.5) is 0 Å². The zero-order chi connectivity index (χ0) is 19.8. The highest BCUT2D eigenvalue weighted by molar-refractivity contribution is 5.94. The molecule has 0 aliphatic carbocycles. The Bertz CT molecular complexity index is 1200. The molecule has 1 aliphatic rings. The molecular formula is C21H20N6O2. The number of nitrogens with one attached hydrogen (secondary N) is 1. The second kappa shape index (κ2) is 7.05. The lowest BCUT2D eigenvalue weighted by atomic mass is 10.0. The Hall–Kier alpha value is -3.68. The monoisotopic (exact) mass is 388 g/mol. The summed E-state index contributed by atoms with van der Waals surface area (Å²) in [6.07, 6.45) is 8.25. The lowest BCUT2D eigenvalue weighted by Gasteiger charge is -2.32. The van der Waals surface area contributed by atoms with Gasteiger partial charge in [0.2, 0.25) is 0 Å². The van der Waals surface area contributed by atoms with Crippen molar-refractivity contribution in [2.45, 2.75) is 18.9 Å². The summed E-state index contributed by atoms with van der Waals surface area (Å²) in [5, 5.41) is 0. The Morgan fingerprint density at radius 3 is 2.66 bits per heavy atom. The molecule has 8 heteroatoms. The Morgan fingerprint density at radius 1 is 1.10 bits per heavy atom. The van der Waals surface area contributed by atoms with Crippen molar-refractivity contribution in [2.75, 3.05) is 13.1 Å². The van der Waals surface area contributed by atoms with E-state index in [1.54, 1.807) is 35.6 Å². The minimum Gasteiger partial charge on any atom is -0.338 e. The molecule has 0 radical (unpaired) electrons. The predicted octanol–water partition coefficient (Wildman–Crippen LogP) is 2.39. The van der Waals surface area contributed by atoms with Gasteiger partial charge in [0.05, 0.1) is 16.6 Å². The third-order valence-corrected chi connectivity index (χ3v) is 5.50. The third-order valence-electron chi connectivity index (χ3n) is 5.50. The molecule has 0 bridgehead atoms. The van der Waals surface area contributed by atoms with E-state index >= 15 is 0 Å². The number of aromatic amines is 1. The van der Waals surface area contributed by atoms with E-state index in [0.29, 0.717) is 18.7 Å². The number of para-hydroxylation sites is 2. The Balaban J connectivity index is 1.29. The van der Waals surface area contributed by atoms with Crippen LogP contribution in [0.15, 0.2) is 66.1 Å². The fraction of sp³-hybridized carbons (Fsp3) is 0.238. The molecule has 4 heterocycles. The third kappa shape index (κ3) is 3.12. The van der Waals surface area contributed by atoms with Crippen LogP contribution in [0, 0.1) is 0 Å². The van der Waals surface area contributed by atoms with E-state index < -0.39 is 0 Å². The van der Waals surface area contributed by atoms with Crippen LogP contribution in [0.2, 0.25) is 0 Å². The molecule has 1 fully saturated rings. The summed E-state index contributed by atoms with van der Waals surface area (Å²) >= 11 is 0. The molecule has 0 saturated carbocycles. The van der Waals surface area contributed by atoms with Gasteiger partial charge in [-0.25, -0.2) is 14.8 Å². The molecule has 0 unspecified atom stereocenters. The Morgan fingerprint density at radius 2 is 1.93 bits per heavy atom. The number of amides is 1. The zero-order valence-corrected chi connectivity index (χ0v) is 15.7. The highest BCUT2D eigenvalue weighted by Crippen LogP contribution is 2.25. The number of carbonyl (C=O) groups excluding carboxylic acids is 1. The number of benzene rings is 1. The van der Waals surface area contributed by atoms with Crippen molar-refractivity contribution in [2.24, 2.45) is 0 Å². The van der Waals surface area contributed by atoms with Crippen LogP contribution in [-0.2, 0) is 0 Å². The standard InChI is InChI=1S/C21H20N6O2/c28-20(15-5-6-19(23-13-15)26-12-9-22-14-26)25-10-7-16(8-11-25)27-18-4-2-1-3-17(18)24-21(27)29/h1-6,9,12-14,16H,7-8,10-11H2,(H,24,29). The molecule has 29 heavy (non-hydrogen) atoms. The van der Waals surface area contributed by atoms with Gasteiger partial charge in [0, 0.05) is 37.7 Å². The van der Waals surface area contributed by atoms with Crippen LogP contribution in [0.1, 0.15) is 29.2 Å². The summed E-state index contributed by atoms with van der Waals surface area (Å²) in [5.41, 5.74) is 2.24. The highest BCUT2D eigenvalue weighted by Gasteiger charge is 2.26. The molecule has 1 N–H and O–H groups in total. The van der Waals surface area contributed by atoms with Crippen molar-refractivity contribution >= 4 is 16.9 Å². The summed E-state index contributed by atoms with van der Waals surface area (Å²) in [6.45, 7) is 1.22. The lowest BCUT2D eigenvalue weighted by Crippen LogP contribution is -2.40. The molecule has 8 nitrogen and oxygen atoms in total. The van der Waals surface area contributed by atoms with E-state index in [2.05, 4.69) is 15.0 Å². The fourth-order valence-electron chi connectivity index (χ4n) is 4.01. The number of H-pyrrole nitrogens is 1. The zero-order valence-electron chi connectivity index (χ0n) is 15.7. The Kier molecular flexibility index (Phi) is 4.23. The van der Waals surface area contributed by atoms with Crippen molar-refractivity contribution in [3.63, 3.8) is 0 Å². The fourth-order valence-corrected chi connectivity index (χ4v) is 4.01. The molecule has 4 aromatic rings. The number of carbonyl (C=O) groups is 1. The second-order valence-corrected chi connectivity index (χ2v) is 7.22. The summed E-state index contributed by atoms with van der Waals surface area (Å²) < 4.78 is 3.62. The van der Waals surface area contributed by atoms with Gasteiger partial charge >= 0.3 is 5.69 Å². The number of likely N-dealkylation sites (tertiary alicyclic amines) is 1. The number of rotatable bonds is 3. The first kappa shape index (κ1) is 17.4. The maximum atomic E-state index is 12.9. The van der Waals surface area contributed by atoms with Crippen LogP contribution in [0.25, 0.3) is 16.9 Å². The molecule has 1 aromatic carbocycles. The van der Waals surface area contributed by atoms with Crippen LogP contribution < -0.4 is 5.69 Å². The van der Waals surface area contributed by atoms with Crippen LogP contribution >= 0.6 is 0 Å². The number of pyridine rings is 1. The van der Waals surface area contributed by atoms with E-state index in [1.807, 2.05) is 39.8 Å². The topological polar surface area (TPSA) is 88.8 Å². The van der Waals surface area contributed by atoms with E-state index in [-0.39, 0.29) is 17.6 Å². The molecule has 0 atom stereocenters. The first-order valence-electron chi connectivity index (χ1n) is 9.63. The normalized spacial score (nSPS) is 15.1. The van der Waals surface area contributed by atoms with Gasteiger partial charge in [-0.1, -0.05) is 12.1 Å². The summed E-state index contributed by atoms with van der Waals surface area (Å²) in [6, 6.07) is 11.4. The van der Waals surface area contributed by atoms with Gasteiger partial charge in [-0.05, 0) is 37.1 Å². The first-order valence-corrected chi connectivity index (χ1v) is 9.63. The molecule has 146 valence electrons. The van der Waals surface area contributed by atoms with Crippen molar-refractivity contribution in [1.29, 1.82) is 0 Å². The summed E-state index contributed by atoms with van der Waals surface area (Å²) in [5.74, 6) is 0.691. The number of aromatic nitrogens is 5. The van der Waals surface area contributed by atoms with Crippen molar-refractivity contribution in [1.82, 2.24) is 29.0 Å². The van der Waals surface area contributed by atoms with Gasteiger partial charge < -0.3 is 9.88 Å². The molecule has 3 aromatic heterocycles. The minimum atomic E-state index is -0.0877. The van der Waals surface area contributed by atoms with Crippen molar-refractivity contribution in [3.05, 3.63) is 77.4 Å². The molecule has 1 amide bonds. The van der Waals surface area contributed by atoms with Gasteiger partial charge in [-0.2, -0.15) is 0 Å². The smallest absolute Gasteiger partial charge is 0.326 e. The van der Waals surface area contributed by atoms with Crippen molar-refractivity contribution in [3.8, 4) is 5.82 Å². The summed E-state index contributed by atoms with van der Waals surface area (Å²) in [7, 11) is 0. The van der Waals surface area contributed by atoms with Crippen LogP contribution in [0.3, 0.4) is 0 Å². The molecule has 5 rings (SSSR count). The van der Waals surface area contributed by atoms with E-state index in [9.17, 15) is 9.59 Å². The first-order chi connectivity index (χ1) is 14.2. The average molecular weight is 388 g/mol. The number of imidazole rings is 2. The second-order valence-electron chi connectivity index (χ2n) is 7.22. The van der Waals surface area contributed by atoms with Crippen LogP contribution in [-0.4, -0.2) is 48.0 Å². The number of fused-ring (bicyclic) bond motifs is 1. The van der Waals surface area contributed by atoms with Crippen molar-refractivity contribution < 1.29 is 4.79 Å². The maximum absolute atomic E-state index is 12.9. The highest BCUT2D eigenvalue weighted by atomic mass is 16.2. The molecule has 1 saturated heterocycles. The van der Waals surface area contributed by atoms with E-state index in [0.717, 1.165) is 29.7 Å². The largest absolute Gasteiger partial charge is 0.338 e. The average Bonchev–Trinajstić information content (AvgIpc) is 3.41. The Labute approximate surface area is 166 Å². The number of hydrogen-bond acceptors (Lipinski definition) is 4. The van der Waals surface area contributed by atoms with Gasteiger partial charge in [0.15, 0.2) is 0 Å². The van der Waals surface area contributed by atoms with E-state index in [4.69, 9.17) is 0 Å². The summed E-state index contributed by atoms with van der Waals surface area (Å²) in [4.78, 5) is 38.4. The van der Waals surface area contributed by atoms with Gasteiger partial charge in [0.25, 0.3) is 5.91 Å². The number of nitrogens with zero attached hydrogens (tertiary/aromatic N) is 5. The molecule has 0 spiro atoms. The SMILES string of the molecule is O=C(c1ccc(-n2ccnc2)nc1)N1CCC(n2c(=O)[nH]c3ccccc32)CC1. The van der Waals surface area contributed by atoms with Crippen LogP contribution in [0.5, 0.6) is 0 Å². The quantitative estimate of drug-likeness (QED) is 0.584. The lowest BCUT2D eigenvalue weighted by molar-refractivity contribution is 0.0694. The predicted molar refractivity (Wildman–Crippen MR) is 108 cm³/mol. The molecule has 1 aliphatic heterocycles. The minimum absolute atomic E-state index is 0.0283. The van der Waals surface area contributed by atoms with E-state index in [1.165, 1.54) is 0 Å². The molecular weight excluding hydrogens is 368 g/mol. The van der Waals surface area contributed by atoms with Gasteiger partial charge in [-0.15, -0.1) is 0 Å². The van der Waals surface area contributed by atoms with Gasteiger partial charge in [0.1, 0.15) is 12.1 Å². The number of piperidine rings is 1. The van der Waals surface area contributed by atoms with Gasteiger partial charge in [-0.3, -0.25) is 13.9 Å².